The molecule has 1 aromatic heterocycles. The second kappa shape index (κ2) is 8.54. The second-order valence-corrected chi connectivity index (χ2v) is 6.80. The van der Waals surface area contributed by atoms with Crippen LogP contribution in [0.1, 0.15) is 16.1 Å². The first kappa shape index (κ1) is 18.7. The lowest BCUT2D eigenvalue weighted by Crippen LogP contribution is -2.17. The van der Waals surface area contributed by atoms with Gasteiger partial charge in [0.1, 0.15) is 5.69 Å². The van der Waals surface area contributed by atoms with Crippen molar-refractivity contribution in [2.75, 3.05) is 0 Å². The Kier molecular flexibility index (Phi) is 5.49. The van der Waals surface area contributed by atoms with E-state index in [4.69, 9.17) is 11.6 Å². The highest BCUT2D eigenvalue weighted by Gasteiger charge is 2.10. The fourth-order valence-corrected chi connectivity index (χ4v) is 2.95. The van der Waals surface area contributed by atoms with E-state index in [1.807, 2.05) is 54.6 Å². The lowest BCUT2D eigenvalue weighted by atomic mass is 10.0. The number of halogens is 1. The maximum atomic E-state index is 12.3. The van der Waals surface area contributed by atoms with Crippen LogP contribution < -0.4 is 5.43 Å². The predicted octanol–water partition coefficient (Wildman–Crippen LogP) is 5.16. The molecule has 142 valence electrons. The van der Waals surface area contributed by atoms with E-state index in [-0.39, 0.29) is 5.91 Å². The van der Waals surface area contributed by atoms with E-state index < -0.39 is 0 Å². The number of aromatic nitrogens is 2. The van der Waals surface area contributed by atoms with Gasteiger partial charge in [0.05, 0.1) is 11.9 Å². The molecule has 0 bridgehead atoms. The van der Waals surface area contributed by atoms with Gasteiger partial charge in [-0.1, -0.05) is 78.3 Å². The molecule has 6 heteroatoms. The van der Waals surface area contributed by atoms with Crippen molar-refractivity contribution in [1.82, 2.24) is 15.6 Å². The summed E-state index contributed by atoms with van der Waals surface area (Å²) in [6.07, 6.45) is 1.60. The van der Waals surface area contributed by atoms with Crippen LogP contribution in [0.4, 0.5) is 0 Å². The Labute approximate surface area is 173 Å². The van der Waals surface area contributed by atoms with Crippen LogP contribution in [0.2, 0.25) is 5.02 Å². The van der Waals surface area contributed by atoms with E-state index in [9.17, 15) is 4.79 Å². The number of H-pyrrole nitrogens is 1. The molecular formula is C23H17ClN4O. The Bertz CT molecular complexity index is 1130. The first-order valence-corrected chi connectivity index (χ1v) is 9.37. The Morgan fingerprint density at radius 3 is 2.28 bits per heavy atom. The average molecular weight is 401 g/mol. The maximum Gasteiger partial charge on any atom is 0.289 e. The third kappa shape index (κ3) is 4.59. The van der Waals surface area contributed by atoms with Gasteiger partial charge in [-0.05, 0) is 34.9 Å². The van der Waals surface area contributed by atoms with E-state index in [0.717, 1.165) is 22.3 Å². The monoisotopic (exact) mass is 400 g/mol. The standard InChI is InChI=1S/C23H17ClN4O/c24-20-12-10-19(11-13-20)21-14-22(27-26-21)23(29)28-25-15-16-6-8-18(9-7-16)17-4-2-1-3-5-17/h1-15H,(H,26,27)(H,28,29)/b25-15+. The number of carbonyl (C=O) groups is 1. The molecule has 3 aromatic carbocycles. The zero-order chi connectivity index (χ0) is 20.1. The number of hydrogen-bond donors (Lipinski definition) is 2. The molecule has 0 fully saturated rings. The van der Waals surface area contributed by atoms with Gasteiger partial charge in [-0.2, -0.15) is 10.2 Å². The van der Waals surface area contributed by atoms with Crippen molar-refractivity contribution in [3.05, 3.63) is 101 Å². The summed E-state index contributed by atoms with van der Waals surface area (Å²) in [5, 5.41) is 11.6. The molecule has 0 atom stereocenters. The molecule has 0 saturated heterocycles. The molecule has 4 rings (SSSR count). The topological polar surface area (TPSA) is 70.1 Å². The van der Waals surface area contributed by atoms with Crippen LogP contribution in [0, 0.1) is 0 Å². The quantitative estimate of drug-likeness (QED) is 0.359. The minimum Gasteiger partial charge on any atom is -0.272 e. The second-order valence-electron chi connectivity index (χ2n) is 6.36. The van der Waals surface area contributed by atoms with Crippen LogP contribution in [-0.4, -0.2) is 22.3 Å². The molecular weight excluding hydrogens is 384 g/mol. The zero-order valence-corrected chi connectivity index (χ0v) is 16.1. The number of aromatic amines is 1. The fraction of sp³-hybridized carbons (Fsp3) is 0. The van der Waals surface area contributed by atoms with Gasteiger partial charge in [-0.25, -0.2) is 5.43 Å². The molecule has 0 aliphatic heterocycles. The van der Waals surface area contributed by atoms with Gasteiger partial charge in [0, 0.05) is 10.6 Å². The zero-order valence-electron chi connectivity index (χ0n) is 15.3. The highest BCUT2D eigenvalue weighted by molar-refractivity contribution is 6.30. The van der Waals surface area contributed by atoms with Gasteiger partial charge in [0.25, 0.3) is 5.91 Å². The number of amides is 1. The third-order valence-corrected chi connectivity index (χ3v) is 4.61. The van der Waals surface area contributed by atoms with Crippen LogP contribution in [0.15, 0.2) is 90.0 Å². The first-order chi connectivity index (χ1) is 14.2. The highest BCUT2D eigenvalue weighted by atomic mass is 35.5. The van der Waals surface area contributed by atoms with E-state index in [1.54, 1.807) is 24.4 Å². The van der Waals surface area contributed by atoms with Crippen molar-refractivity contribution < 1.29 is 4.79 Å². The van der Waals surface area contributed by atoms with E-state index in [2.05, 4.69) is 32.9 Å². The number of benzene rings is 3. The van der Waals surface area contributed by atoms with Crippen LogP contribution in [-0.2, 0) is 0 Å². The smallest absolute Gasteiger partial charge is 0.272 e. The van der Waals surface area contributed by atoms with Gasteiger partial charge in [-0.3, -0.25) is 9.89 Å². The van der Waals surface area contributed by atoms with Gasteiger partial charge >= 0.3 is 0 Å². The molecule has 2 N–H and O–H groups in total. The van der Waals surface area contributed by atoms with Gasteiger partial charge in [0.15, 0.2) is 0 Å². The molecule has 5 nitrogen and oxygen atoms in total. The first-order valence-electron chi connectivity index (χ1n) is 8.99. The van der Waals surface area contributed by atoms with Crippen molar-refractivity contribution >= 4 is 23.7 Å². The summed E-state index contributed by atoms with van der Waals surface area (Å²) in [4.78, 5) is 12.3. The van der Waals surface area contributed by atoms with E-state index in [0.29, 0.717) is 16.4 Å². The number of nitrogens with zero attached hydrogens (tertiary/aromatic N) is 2. The SMILES string of the molecule is O=C(N/N=C/c1ccc(-c2ccccc2)cc1)c1cc(-c2ccc(Cl)cc2)n[nH]1. The third-order valence-electron chi connectivity index (χ3n) is 4.36. The lowest BCUT2D eigenvalue weighted by molar-refractivity contribution is 0.0950. The summed E-state index contributed by atoms with van der Waals surface area (Å²) in [6.45, 7) is 0. The Morgan fingerprint density at radius 2 is 1.55 bits per heavy atom. The van der Waals surface area contributed by atoms with Crippen LogP contribution in [0.5, 0.6) is 0 Å². The fourth-order valence-electron chi connectivity index (χ4n) is 2.82. The molecule has 1 heterocycles. The predicted molar refractivity (Wildman–Crippen MR) is 116 cm³/mol. The van der Waals surface area contributed by atoms with Crippen LogP contribution >= 0.6 is 11.6 Å². The van der Waals surface area contributed by atoms with Crippen molar-refractivity contribution in [2.24, 2.45) is 5.10 Å². The molecule has 4 aromatic rings. The van der Waals surface area contributed by atoms with Gasteiger partial charge in [0.2, 0.25) is 0 Å². The number of carbonyl (C=O) groups excluding carboxylic acids is 1. The highest BCUT2D eigenvalue weighted by Crippen LogP contribution is 2.20. The van der Waals surface area contributed by atoms with Crippen molar-refractivity contribution in [2.45, 2.75) is 0 Å². The Hall–Kier alpha value is -3.70. The Balaban J connectivity index is 1.38. The van der Waals surface area contributed by atoms with Gasteiger partial charge in [-0.15, -0.1) is 0 Å². The van der Waals surface area contributed by atoms with Gasteiger partial charge < -0.3 is 0 Å². The summed E-state index contributed by atoms with van der Waals surface area (Å²) >= 11 is 5.89. The van der Waals surface area contributed by atoms with Crippen LogP contribution in [0.25, 0.3) is 22.4 Å². The van der Waals surface area contributed by atoms with Crippen molar-refractivity contribution in [3.63, 3.8) is 0 Å². The normalized spacial score (nSPS) is 10.9. The molecule has 0 unspecified atom stereocenters. The number of hydrogen-bond acceptors (Lipinski definition) is 3. The summed E-state index contributed by atoms with van der Waals surface area (Å²) in [7, 11) is 0. The largest absolute Gasteiger partial charge is 0.289 e. The number of nitrogens with one attached hydrogen (secondary N) is 2. The summed E-state index contributed by atoms with van der Waals surface area (Å²) in [5.74, 6) is -0.366. The number of hydrazone groups is 1. The molecule has 0 radical (unpaired) electrons. The summed E-state index contributed by atoms with van der Waals surface area (Å²) < 4.78 is 0. The van der Waals surface area contributed by atoms with E-state index >= 15 is 0 Å². The lowest BCUT2D eigenvalue weighted by Gasteiger charge is -2.01. The molecule has 0 aliphatic carbocycles. The summed E-state index contributed by atoms with van der Waals surface area (Å²) in [5.41, 5.74) is 7.52. The molecule has 0 aliphatic rings. The maximum absolute atomic E-state index is 12.3. The molecule has 29 heavy (non-hydrogen) atoms. The van der Waals surface area contributed by atoms with E-state index in [1.165, 1.54) is 0 Å². The van der Waals surface area contributed by atoms with Crippen molar-refractivity contribution in [3.8, 4) is 22.4 Å². The Morgan fingerprint density at radius 1 is 0.897 bits per heavy atom. The molecule has 0 saturated carbocycles. The molecule has 1 amide bonds. The van der Waals surface area contributed by atoms with Crippen molar-refractivity contribution in [1.29, 1.82) is 0 Å². The molecule has 0 spiro atoms. The minimum atomic E-state index is -0.366. The number of rotatable bonds is 5. The minimum absolute atomic E-state index is 0.325. The van der Waals surface area contributed by atoms with Crippen LogP contribution in [0.3, 0.4) is 0 Å². The average Bonchev–Trinajstić information content (AvgIpc) is 3.26. The summed E-state index contributed by atoms with van der Waals surface area (Å²) in [6, 6.07) is 27.0.